The van der Waals surface area contributed by atoms with Gasteiger partial charge in [-0.1, -0.05) is 42.5 Å². The van der Waals surface area contributed by atoms with E-state index in [0.717, 1.165) is 43.1 Å². The number of carbonyl (C=O) groups excluding carboxylic acids is 1. The molecule has 2 fully saturated rings. The van der Waals surface area contributed by atoms with Gasteiger partial charge in [0.1, 0.15) is 0 Å². The summed E-state index contributed by atoms with van der Waals surface area (Å²) in [4.78, 5) is 18.5. The molecular weight excluding hydrogens is 348 g/mol. The van der Waals surface area contributed by atoms with Crippen LogP contribution in [0.4, 0.5) is 5.69 Å². The molecule has 1 saturated carbocycles. The Labute approximate surface area is 166 Å². The van der Waals surface area contributed by atoms with E-state index in [9.17, 15) is 4.79 Å². The molecule has 4 rings (SSSR count). The predicted molar refractivity (Wildman–Crippen MR) is 114 cm³/mol. The lowest BCUT2D eigenvalue weighted by Gasteiger charge is -2.16. The molecule has 2 aromatic carbocycles. The second-order valence-corrected chi connectivity index (χ2v) is 7.51. The highest BCUT2D eigenvalue weighted by Crippen LogP contribution is 2.40. The first-order valence-corrected chi connectivity index (χ1v) is 10.2. The smallest absolute Gasteiger partial charge is 0.227 e. The number of hydrogen-bond donors (Lipinski definition) is 2. The highest BCUT2D eigenvalue weighted by Gasteiger charge is 2.38. The Morgan fingerprint density at radius 1 is 1.14 bits per heavy atom. The van der Waals surface area contributed by atoms with Gasteiger partial charge in [0.2, 0.25) is 5.91 Å². The minimum absolute atomic E-state index is 0.224. The van der Waals surface area contributed by atoms with Crippen molar-refractivity contribution in [2.45, 2.75) is 44.7 Å². The normalized spacial score (nSPS) is 21.7. The third-order valence-corrected chi connectivity index (χ3v) is 5.43. The molecule has 28 heavy (non-hydrogen) atoms. The fraction of sp³-hybridized carbons (Fsp3) is 0.391. The minimum Gasteiger partial charge on any atom is -0.357 e. The van der Waals surface area contributed by atoms with Crippen LogP contribution in [0.15, 0.2) is 59.6 Å². The Balaban J connectivity index is 1.35. The van der Waals surface area contributed by atoms with Crippen molar-refractivity contribution in [3.8, 4) is 0 Å². The predicted octanol–water partition coefficient (Wildman–Crippen LogP) is 3.42. The highest BCUT2D eigenvalue weighted by molar-refractivity contribution is 5.95. The summed E-state index contributed by atoms with van der Waals surface area (Å²) in [5.74, 6) is 1.66. The molecule has 0 aromatic heterocycles. The molecule has 2 unspecified atom stereocenters. The molecule has 2 aliphatic rings. The third-order valence-electron chi connectivity index (χ3n) is 5.43. The maximum absolute atomic E-state index is 11.9. The van der Waals surface area contributed by atoms with Gasteiger partial charge in [0.05, 0.1) is 6.54 Å². The molecule has 2 N–H and O–H groups in total. The minimum atomic E-state index is 0.224. The molecule has 0 bridgehead atoms. The van der Waals surface area contributed by atoms with Crippen molar-refractivity contribution in [3.63, 3.8) is 0 Å². The average molecular weight is 377 g/mol. The van der Waals surface area contributed by atoms with E-state index in [2.05, 4.69) is 60.0 Å². The zero-order chi connectivity index (χ0) is 19.3. The van der Waals surface area contributed by atoms with Gasteiger partial charge in [0, 0.05) is 37.2 Å². The van der Waals surface area contributed by atoms with Gasteiger partial charge < -0.3 is 15.5 Å². The molecular formula is C23H28N4O. The second kappa shape index (κ2) is 8.46. The van der Waals surface area contributed by atoms with Crippen molar-refractivity contribution in [2.75, 3.05) is 18.0 Å². The number of anilines is 1. The van der Waals surface area contributed by atoms with Crippen LogP contribution in [0.5, 0.6) is 0 Å². The number of aliphatic imine (C=N–C) groups is 1. The molecule has 2 atom stereocenters. The summed E-state index contributed by atoms with van der Waals surface area (Å²) in [6.07, 6.45) is 2.76. The SMILES string of the molecule is CCNC(=NCc1ccc(N2CCCC2=O)cc1)NC1CC1c1ccccc1. The van der Waals surface area contributed by atoms with Crippen LogP contribution in [0.2, 0.25) is 0 Å². The fourth-order valence-electron chi connectivity index (χ4n) is 3.79. The molecule has 0 spiro atoms. The molecule has 1 amide bonds. The van der Waals surface area contributed by atoms with Gasteiger partial charge in [-0.15, -0.1) is 0 Å². The van der Waals surface area contributed by atoms with Crippen molar-refractivity contribution < 1.29 is 4.79 Å². The number of nitrogens with one attached hydrogen (secondary N) is 2. The number of hydrogen-bond acceptors (Lipinski definition) is 2. The van der Waals surface area contributed by atoms with E-state index in [0.29, 0.717) is 24.9 Å². The van der Waals surface area contributed by atoms with E-state index in [1.54, 1.807) is 0 Å². The molecule has 146 valence electrons. The lowest BCUT2D eigenvalue weighted by molar-refractivity contribution is -0.117. The van der Waals surface area contributed by atoms with Crippen molar-refractivity contribution in [1.82, 2.24) is 10.6 Å². The van der Waals surface area contributed by atoms with E-state index in [-0.39, 0.29) is 5.91 Å². The average Bonchev–Trinajstić information content (AvgIpc) is 3.37. The summed E-state index contributed by atoms with van der Waals surface area (Å²) in [5.41, 5.74) is 3.52. The van der Waals surface area contributed by atoms with Crippen LogP contribution in [-0.2, 0) is 11.3 Å². The van der Waals surface area contributed by atoms with Gasteiger partial charge in [0.25, 0.3) is 0 Å². The largest absolute Gasteiger partial charge is 0.357 e. The van der Waals surface area contributed by atoms with Gasteiger partial charge in [-0.2, -0.15) is 0 Å². The Bertz CT molecular complexity index is 831. The fourth-order valence-corrected chi connectivity index (χ4v) is 3.79. The van der Waals surface area contributed by atoms with Crippen LogP contribution in [0.3, 0.4) is 0 Å². The molecule has 5 heteroatoms. The van der Waals surface area contributed by atoms with Crippen molar-refractivity contribution in [1.29, 1.82) is 0 Å². The first-order valence-electron chi connectivity index (χ1n) is 10.2. The van der Waals surface area contributed by atoms with Gasteiger partial charge in [-0.05, 0) is 43.0 Å². The first kappa shape index (κ1) is 18.5. The summed E-state index contributed by atoms with van der Waals surface area (Å²) in [6.45, 7) is 4.37. The number of carbonyl (C=O) groups is 1. The van der Waals surface area contributed by atoms with Gasteiger partial charge in [-0.3, -0.25) is 4.79 Å². The van der Waals surface area contributed by atoms with Crippen LogP contribution in [0.25, 0.3) is 0 Å². The molecule has 2 aromatic rings. The zero-order valence-corrected chi connectivity index (χ0v) is 16.4. The quantitative estimate of drug-likeness (QED) is 0.600. The number of rotatable bonds is 6. The zero-order valence-electron chi connectivity index (χ0n) is 16.4. The standard InChI is InChI=1S/C23H28N4O/c1-2-24-23(26-21-15-20(21)18-7-4-3-5-8-18)25-16-17-10-12-19(13-11-17)27-14-6-9-22(27)28/h3-5,7-8,10-13,20-21H,2,6,9,14-16H2,1H3,(H2,24,25,26). The topological polar surface area (TPSA) is 56.7 Å². The van der Waals surface area contributed by atoms with Crippen LogP contribution in [0.1, 0.15) is 43.2 Å². The van der Waals surface area contributed by atoms with Crippen LogP contribution < -0.4 is 15.5 Å². The Morgan fingerprint density at radius 3 is 2.61 bits per heavy atom. The van der Waals surface area contributed by atoms with E-state index < -0.39 is 0 Å². The van der Waals surface area contributed by atoms with E-state index in [4.69, 9.17) is 4.99 Å². The van der Waals surface area contributed by atoms with E-state index >= 15 is 0 Å². The Morgan fingerprint density at radius 2 is 1.93 bits per heavy atom. The monoisotopic (exact) mass is 376 g/mol. The third kappa shape index (κ3) is 4.35. The van der Waals surface area contributed by atoms with Gasteiger partial charge >= 0.3 is 0 Å². The number of guanidine groups is 1. The summed E-state index contributed by atoms with van der Waals surface area (Å²) >= 11 is 0. The molecule has 1 heterocycles. The van der Waals surface area contributed by atoms with Crippen molar-refractivity contribution in [2.24, 2.45) is 4.99 Å². The van der Waals surface area contributed by atoms with Crippen LogP contribution in [-0.4, -0.2) is 31.0 Å². The molecule has 1 aliphatic heterocycles. The van der Waals surface area contributed by atoms with Crippen LogP contribution in [0, 0.1) is 0 Å². The maximum Gasteiger partial charge on any atom is 0.227 e. The Kier molecular flexibility index (Phi) is 5.60. The summed E-state index contributed by atoms with van der Waals surface area (Å²) < 4.78 is 0. The lowest BCUT2D eigenvalue weighted by Crippen LogP contribution is -2.39. The summed E-state index contributed by atoms with van der Waals surface area (Å²) in [7, 11) is 0. The molecule has 5 nitrogen and oxygen atoms in total. The number of nitrogens with zero attached hydrogens (tertiary/aromatic N) is 2. The van der Waals surface area contributed by atoms with Crippen molar-refractivity contribution in [3.05, 3.63) is 65.7 Å². The Hall–Kier alpha value is -2.82. The number of amides is 1. The first-order chi connectivity index (χ1) is 13.7. The maximum atomic E-state index is 11.9. The van der Waals surface area contributed by atoms with Crippen molar-refractivity contribution >= 4 is 17.6 Å². The summed E-state index contributed by atoms with van der Waals surface area (Å²) in [5, 5.41) is 6.90. The lowest BCUT2D eigenvalue weighted by atomic mass is 10.1. The van der Waals surface area contributed by atoms with E-state index in [1.807, 2.05) is 17.0 Å². The van der Waals surface area contributed by atoms with Gasteiger partial charge in [0.15, 0.2) is 5.96 Å². The summed E-state index contributed by atoms with van der Waals surface area (Å²) in [6, 6.07) is 19.3. The molecule has 0 radical (unpaired) electrons. The molecule has 1 aliphatic carbocycles. The van der Waals surface area contributed by atoms with E-state index in [1.165, 1.54) is 5.56 Å². The van der Waals surface area contributed by atoms with Gasteiger partial charge in [-0.25, -0.2) is 4.99 Å². The number of benzene rings is 2. The molecule has 1 saturated heterocycles. The highest BCUT2D eigenvalue weighted by atomic mass is 16.2. The van der Waals surface area contributed by atoms with Crippen LogP contribution >= 0.6 is 0 Å². The second-order valence-electron chi connectivity index (χ2n) is 7.51.